The zero-order valence-electron chi connectivity index (χ0n) is 9.63. The number of hydrogen-bond acceptors (Lipinski definition) is 2. The van der Waals surface area contributed by atoms with Gasteiger partial charge in [0, 0.05) is 24.7 Å². The molecule has 1 aliphatic heterocycles. The van der Waals surface area contributed by atoms with Crippen LogP contribution in [0.1, 0.15) is 46.0 Å². The molecular formula is C12H24N2. The number of nitrogens with one attached hydrogen (secondary N) is 1. The summed E-state index contributed by atoms with van der Waals surface area (Å²) in [5, 5.41) is 3.54. The lowest BCUT2D eigenvalue weighted by molar-refractivity contribution is 0.106. The normalized spacial score (nSPS) is 37.3. The van der Waals surface area contributed by atoms with Crippen molar-refractivity contribution in [3.63, 3.8) is 0 Å². The minimum atomic E-state index is 0.732. The monoisotopic (exact) mass is 196 g/mol. The number of rotatable bonds is 1. The summed E-state index contributed by atoms with van der Waals surface area (Å²) in [5.41, 5.74) is 0. The van der Waals surface area contributed by atoms with Crippen LogP contribution in [0.3, 0.4) is 0 Å². The van der Waals surface area contributed by atoms with E-state index in [9.17, 15) is 0 Å². The van der Waals surface area contributed by atoms with Crippen LogP contribution in [0.15, 0.2) is 0 Å². The first kappa shape index (κ1) is 10.4. The molecule has 1 heterocycles. The quantitative estimate of drug-likeness (QED) is 0.690. The molecule has 1 saturated heterocycles. The Labute approximate surface area is 88.1 Å². The molecule has 1 saturated carbocycles. The van der Waals surface area contributed by atoms with Gasteiger partial charge in [-0.2, -0.15) is 0 Å². The first-order valence-corrected chi connectivity index (χ1v) is 6.27. The molecule has 1 N–H and O–H groups in total. The Morgan fingerprint density at radius 2 is 1.71 bits per heavy atom. The molecule has 0 aromatic rings. The lowest BCUT2D eigenvalue weighted by Gasteiger charge is -2.37. The largest absolute Gasteiger partial charge is 0.315 e. The Morgan fingerprint density at radius 1 is 1.00 bits per heavy atom. The Bertz CT molecular complexity index is 163. The van der Waals surface area contributed by atoms with Crippen LogP contribution in [0.4, 0.5) is 0 Å². The van der Waals surface area contributed by atoms with Crippen molar-refractivity contribution in [2.45, 2.75) is 64.1 Å². The molecule has 0 spiro atoms. The molecule has 82 valence electrons. The van der Waals surface area contributed by atoms with Gasteiger partial charge in [-0.05, 0) is 39.7 Å². The summed E-state index contributed by atoms with van der Waals surface area (Å²) < 4.78 is 0. The summed E-state index contributed by atoms with van der Waals surface area (Å²) in [7, 11) is 0. The van der Waals surface area contributed by atoms with Gasteiger partial charge in [0.2, 0.25) is 0 Å². The molecule has 2 aliphatic rings. The second-order valence-corrected chi connectivity index (χ2v) is 5.08. The summed E-state index contributed by atoms with van der Waals surface area (Å²) in [6.07, 6.45) is 7.10. The topological polar surface area (TPSA) is 15.3 Å². The van der Waals surface area contributed by atoms with E-state index in [4.69, 9.17) is 0 Å². The molecule has 0 amide bonds. The average molecular weight is 196 g/mol. The van der Waals surface area contributed by atoms with Crippen molar-refractivity contribution in [3.05, 3.63) is 0 Å². The predicted molar refractivity (Wildman–Crippen MR) is 60.5 cm³/mol. The van der Waals surface area contributed by atoms with Crippen molar-refractivity contribution >= 4 is 0 Å². The van der Waals surface area contributed by atoms with E-state index in [0.717, 1.165) is 18.1 Å². The van der Waals surface area contributed by atoms with Crippen LogP contribution < -0.4 is 5.32 Å². The van der Waals surface area contributed by atoms with Crippen molar-refractivity contribution in [1.29, 1.82) is 0 Å². The van der Waals surface area contributed by atoms with E-state index in [1.165, 1.54) is 45.2 Å². The second-order valence-electron chi connectivity index (χ2n) is 5.08. The second kappa shape index (κ2) is 4.63. The van der Waals surface area contributed by atoms with E-state index in [1.807, 2.05) is 0 Å². The van der Waals surface area contributed by atoms with Crippen LogP contribution in [-0.4, -0.2) is 36.1 Å². The van der Waals surface area contributed by atoms with Crippen LogP contribution in [0, 0.1) is 0 Å². The van der Waals surface area contributed by atoms with E-state index in [0.29, 0.717) is 0 Å². The minimum Gasteiger partial charge on any atom is -0.315 e. The molecule has 0 aromatic heterocycles. The fourth-order valence-electron chi connectivity index (χ4n) is 3.23. The summed E-state index contributed by atoms with van der Waals surface area (Å²) >= 11 is 0. The molecule has 2 nitrogen and oxygen atoms in total. The number of hydrogen-bond donors (Lipinski definition) is 1. The van der Waals surface area contributed by atoms with Crippen molar-refractivity contribution in [1.82, 2.24) is 10.2 Å². The molecular weight excluding hydrogens is 172 g/mol. The van der Waals surface area contributed by atoms with Gasteiger partial charge in [-0.15, -0.1) is 0 Å². The molecule has 2 atom stereocenters. The minimum absolute atomic E-state index is 0.732. The van der Waals surface area contributed by atoms with E-state index in [1.54, 1.807) is 0 Å². The third-order valence-electron chi connectivity index (χ3n) is 3.94. The van der Waals surface area contributed by atoms with Gasteiger partial charge < -0.3 is 5.32 Å². The Morgan fingerprint density at radius 3 is 2.43 bits per heavy atom. The first-order chi connectivity index (χ1) is 6.79. The van der Waals surface area contributed by atoms with Crippen LogP contribution in [0.25, 0.3) is 0 Å². The predicted octanol–water partition coefficient (Wildman–Crippen LogP) is 2.00. The highest BCUT2D eigenvalue weighted by Gasteiger charge is 2.30. The highest BCUT2D eigenvalue weighted by molar-refractivity contribution is 4.87. The Kier molecular flexibility index (Phi) is 3.45. The third-order valence-corrected chi connectivity index (χ3v) is 3.94. The van der Waals surface area contributed by atoms with Crippen LogP contribution in [0.2, 0.25) is 0 Å². The molecule has 2 heteroatoms. The van der Waals surface area contributed by atoms with Gasteiger partial charge in [-0.25, -0.2) is 0 Å². The summed E-state index contributed by atoms with van der Waals surface area (Å²) in [4.78, 5) is 2.78. The van der Waals surface area contributed by atoms with Crippen molar-refractivity contribution < 1.29 is 0 Å². The molecule has 0 bridgehead atoms. The Hall–Kier alpha value is -0.0800. The fraction of sp³-hybridized carbons (Fsp3) is 1.00. The van der Waals surface area contributed by atoms with Gasteiger partial charge in [0.15, 0.2) is 0 Å². The Balaban J connectivity index is 2.02. The molecule has 0 aromatic carbocycles. The lowest BCUT2D eigenvalue weighted by Crippen LogP contribution is -2.47. The maximum Gasteiger partial charge on any atom is 0.0198 e. The summed E-state index contributed by atoms with van der Waals surface area (Å²) in [5.74, 6) is 0. The van der Waals surface area contributed by atoms with Gasteiger partial charge in [-0.3, -0.25) is 4.90 Å². The molecule has 2 unspecified atom stereocenters. The van der Waals surface area contributed by atoms with Gasteiger partial charge in [-0.1, -0.05) is 12.8 Å². The summed E-state index contributed by atoms with van der Waals surface area (Å²) in [6, 6.07) is 2.40. The zero-order valence-corrected chi connectivity index (χ0v) is 9.63. The van der Waals surface area contributed by atoms with Gasteiger partial charge in [0.1, 0.15) is 0 Å². The maximum atomic E-state index is 3.54. The highest BCUT2D eigenvalue weighted by atomic mass is 15.2. The van der Waals surface area contributed by atoms with E-state index in [-0.39, 0.29) is 0 Å². The van der Waals surface area contributed by atoms with Gasteiger partial charge in [0.25, 0.3) is 0 Å². The molecule has 2 rings (SSSR count). The van der Waals surface area contributed by atoms with Crippen LogP contribution >= 0.6 is 0 Å². The van der Waals surface area contributed by atoms with Gasteiger partial charge in [0.05, 0.1) is 0 Å². The lowest BCUT2D eigenvalue weighted by atomic mass is 10.1. The van der Waals surface area contributed by atoms with Crippen molar-refractivity contribution in [3.8, 4) is 0 Å². The molecule has 0 radical (unpaired) electrons. The van der Waals surface area contributed by atoms with E-state index >= 15 is 0 Å². The molecule has 14 heavy (non-hydrogen) atoms. The smallest absolute Gasteiger partial charge is 0.0198 e. The molecule has 1 aliphatic carbocycles. The average Bonchev–Trinajstić information content (AvgIpc) is 2.61. The van der Waals surface area contributed by atoms with Gasteiger partial charge >= 0.3 is 0 Å². The van der Waals surface area contributed by atoms with Crippen molar-refractivity contribution in [2.24, 2.45) is 0 Å². The maximum absolute atomic E-state index is 3.54. The van der Waals surface area contributed by atoms with Crippen LogP contribution in [-0.2, 0) is 0 Å². The number of nitrogens with zero attached hydrogens (tertiary/aromatic N) is 1. The zero-order chi connectivity index (χ0) is 9.97. The third kappa shape index (κ3) is 2.12. The first-order valence-electron chi connectivity index (χ1n) is 6.27. The van der Waals surface area contributed by atoms with E-state index in [2.05, 4.69) is 24.1 Å². The van der Waals surface area contributed by atoms with E-state index < -0.39 is 0 Å². The summed E-state index contributed by atoms with van der Waals surface area (Å²) in [6.45, 7) is 7.17. The SMILES string of the molecule is CC1CCNCC(C)N1C1CCCC1. The standard InChI is InChI=1S/C12H24N2/c1-10-7-8-13-9-11(2)14(10)12-5-3-4-6-12/h10-13H,3-9H2,1-2H3. The molecule has 2 fully saturated rings. The van der Waals surface area contributed by atoms with Crippen molar-refractivity contribution in [2.75, 3.05) is 13.1 Å². The van der Waals surface area contributed by atoms with Crippen LogP contribution in [0.5, 0.6) is 0 Å². The fourth-order valence-corrected chi connectivity index (χ4v) is 3.23. The highest BCUT2D eigenvalue weighted by Crippen LogP contribution is 2.28.